The summed E-state index contributed by atoms with van der Waals surface area (Å²) in [6.45, 7) is -0.231. The third-order valence-corrected chi connectivity index (χ3v) is 3.84. The number of aliphatic hydroxyl groups is 1. The molecule has 0 atom stereocenters. The van der Waals surface area contributed by atoms with E-state index in [2.05, 4.69) is 21.2 Å². The average Bonchev–Trinajstić information content (AvgIpc) is 2.86. The van der Waals surface area contributed by atoms with E-state index in [-0.39, 0.29) is 12.4 Å². The lowest BCUT2D eigenvalue weighted by Crippen LogP contribution is -1.87. The van der Waals surface area contributed by atoms with Gasteiger partial charge in [-0.25, -0.2) is 9.37 Å². The Morgan fingerprint density at radius 3 is 3.00 bits per heavy atom. The normalized spacial score (nSPS) is 9.89. The topological polar surface area (TPSA) is 46.0 Å². The Labute approximate surface area is 112 Å². The summed E-state index contributed by atoms with van der Waals surface area (Å²) >= 11 is 2.81. The van der Waals surface area contributed by atoms with Crippen molar-refractivity contribution in [3.63, 3.8) is 0 Å². The van der Waals surface area contributed by atoms with Gasteiger partial charge in [0.2, 0.25) is 0 Å². The minimum Gasteiger partial charge on any atom is -0.384 e. The molecule has 0 amide bonds. The molecule has 0 saturated carbocycles. The van der Waals surface area contributed by atoms with Gasteiger partial charge in [0.25, 0.3) is 0 Å². The smallest absolute Gasteiger partial charge is 0.170 e. The summed E-state index contributed by atoms with van der Waals surface area (Å²) in [6.07, 6.45) is 1.50. The second kappa shape index (κ2) is 6.50. The van der Waals surface area contributed by atoms with Crippen LogP contribution < -0.4 is 0 Å². The van der Waals surface area contributed by atoms with Gasteiger partial charge < -0.3 is 5.11 Å². The molecule has 3 nitrogen and oxygen atoms in total. The minimum absolute atomic E-state index is 0.231. The Kier molecular flexibility index (Phi) is 4.70. The number of benzene rings is 1. The second-order valence-electron chi connectivity index (χ2n) is 3.30. The van der Waals surface area contributed by atoms with Crippen LogP contribution in [0.5, 0.6) is 0 Å². The van der Waals surface area contributed by atoms with Crippen LogP contribution in [-0.4, -0.2) is 21.1 Å². The third-order valence-electron chi connectivity index (χ3n) is 1.97. The Morgan fingerprint density at radius 1 is 1.39 bits per heavy atom. The summed E-state index contributed by atoms with van der Waals surface area (Å²) in [5.74, 6) is 5.48. The van der Waals surface area contributed by atoms with Crippen molar-refractivity contribution in [1.29, 1.82) is 0 Å². The van der Waals surface area contributed by atoms with Crippen molar-refractivity contribution in [2.45, 2.75) is 10.1 Å². The number of halogens is 1. The Morgan fingerprint density at radius 2 is 2.28 bits per heavy atom. The molecule has 0 fully saturated rings. The molecule has 92 valence electrons. The Hall–Kier alpha value is -1.42. The molecule has 1 aromatic carbocycles. The standard InChI is InChI=1S/C12H9FN2OS2/c13-11-5-9(2-1-3-16)4-10(6-11)7-17-12-14-8-15-18-12/h4-6,8,16H,3,7H2. The first-order valence-electron chi connectivity index (χ1n) is 5.06. The van der Waals surface area contributed by atoms with Crippen molar-refractivity contribution in [2.75, 3.05) is 6.61 Å². The molecule has 1 N–H and O–H groups in total. The highest BCUT2D eigenvalue weighted by Crippen LogP contribution is 2.23. The van der Waals surface area contributed by atoms with Crippen LogP contribution in [0.15, 0.2) is 28.9 Å². The third kappa shape index (κ3) is 3.81. The Bertz CT molecular complexity index is 576. The zero-order chi connectivity index (χ0) is 12.8. The van der Waals surface area contributed by atoms with E-state index in [9.17, 15) is 4.39 Å². The van der Waals surface area contributed by atoms with Crippen molar-refractivity contribution in [3.05, 3.63) is 41.5 Å². The van der Waals surface area contributed by atoms with Gasteiger partial charge in [-0.1, -0.05) is 23.6 Å². The van der Waals surface area contributed by atoms with Gasteiger partial charge in [-0.2, -0.15) is 4.37 Å². The number of aromatic nitrogens is 2. The lowest BCUT2D eigenvalue weighted by atomic mass is 10.1. The van der Waals surface area contributed by atoms with Crippen molar-refractivity contribution in [2.24, 2.45) is 0 Å². The van der Waals surface area contributed by atoms with Gasteiger partial charge in [0.15, 0.2) is 4.34 Å². The quantitative estimate of drug-likeness (QED) is 0.692. The van der Waals surface area contributed by atoms with E-state index in [1.165, 1.54) is 41.8 Å². The van der Waals surface area contributed by atoms with E-state index < -0.39 is 0 Å². The van der Waals surface area contributed by atoms with E-state index >= 15 is 0 Å². The first-order chi connectivity index (χ1) is 8.78. The molecule has 0 bridgehead atoms. The maximum Gasteiger partial charge on any atom is 0.170 e. The SMILES string of the molecule is OCC#Cc1cc(F)cc(CSc2ncns2)c1. The minimum atomic E-state index is -0.326. The molecule has 0 unspecified atom stereocenters. The summed E-state index contributed by atoms with van der Waals surface area (Å²) in [4.78, 5) is 4.04. The predicted octanol–water partition coefficient (Wildman–Crippen LogP) is 2.31. The van der Waals surface area contributed by atoms with E-state index in [0.717, 1.165) is 9.90 Å². The fourth-order valence-electron chi connectivity index (χ4n) is 1.32. The number of aliphatic hydroxyl groups excluding tert-OH is 1. The van der Waals surface area contributed by atoms with Crippen LogP contribution in [0.25, 0.3) is 0 Å². The molecule has 0 aliphatic rings. The zero-order valence-electron chi connectivity index (χ0n) is 9.26. The van der Waals surface area contributed by atoms with Crippen LogP contribution in [0.4, 0.5) is 4.39 Å². The summed E-state index contributed by atoms with van der Waals surface area (Å²) in [6, 6.07) is 4.62. The molecule has 2 aromatic rings. The molecule has 0 aliphatic carbocycles. The highest BCUT2D eigenvalue weighted by molar-refractivity contribution is 8.00. The first-order valence-corrected chi connectivity index (χ1v) is 6.82. The van der Waals surface area contributed by atoms with E-state index in [4.69, 9.17) is 5.11 Å². The molecule has 6 heteroatoms. The highest BCUT2D eigenvalue weighted by atomic mass is 32.2. The predicted molar refractivity (Wildman–Crippen MR) is 69.8 cm³/mol. The molecular weight excluding hydrogens is 271 g/mol. The van der Waals surface area contributed by atoms with Crippen LogP contribution in [0.3, 0.4) is 0 Å². The lowest BCUT2D eigenvalue weighted by molar-refractivity contribution is 0.350. The number of thioether (sulfide) groups is 1. The average molecular weight is 280 g/mol. The first kappa shape index (κ1) is 13.0. The lowest BCUT2D eigenvalue weighted by Gasteiger charge is -2.01. The van der Waals surface area contributed by atoms with Crippen molar-refractivity contribution >= 4 is 23.3 Å². The zero-order valence-corrected chi connectivity index (χ0v) is 10.9. The van der Waals surface area contributed by atoms with Gasteiger partial charge in [-0.05, 0) is 35.3 Å². The van der Waals surface area contributed by atoms with Gasteiger partial charge in [0.05, 0.1) is 0 Å². The number of rotatable bonds is 3. The monoisotopic (exact) mass is 280 g/mol. The Balaban J connectivity index is 2.10. The van der Waals surface area contributed by atoms with E-state index in [0.29, 0.717) is 11.3 Å². The van der Waals surface area contributed by atoms with Gasteiger partial charge in [-0.3, -0.25) is 0 Å². The molecule has 0 saturated heterocycles. The second-order valence-corrected chi connectivity index (χ2v) is 5.31. The fourth-order valence-corrected chi connectivity index (χ4v) is 2.69. The van der Waals surface area contributed by atoms with Crippen LogP contribution >= 0.6 is 23.3 Å². The summed E-state index contributed by atoms with van der Waals surface area (Å²) in [5, 5.41) is 8.61. The summed E-state index contributed by atoms with van der Waals surface area (Å²) < 4.78 is 18.1. The molecular formula is C12H9FN2OS2. The van der Waals surface area contributed by atoms with Crippen molar-refractivity contribution in [1.82, 2.24) is 9.36 Å². The fraction of sp³-hybridized carbons (Fsp3) is 0.167. The molecule has 1 aromatic heterocycles. The van der Waals surface area contributed by atoms with Gasteiger partial charge >= 0.3 is 0 Å². The summed E-state index contributed by atoms with van der Waals surface area (Å²) in [5.41, 5.74) is 1.40. The maximum atomic E-state index is 13.4. The molecule has 1 heterocycles. The number of hydrogen-bond donors (Lipinski definition) is 1. The van der Waals surface area contributed by atoms with Crippen LogP contribution in [-0.2, 0) is 5.75 Å². The van der Waals surface area contributed by atoms with Crippen LogP contribution in [0, 0.1) is 17.7 Å². The van der Waals surface area contributed by atoms with Gasteiger partial charge in [0.1, 0.15) is 18.8 Å². The molecule has 0 aliphatic heterocycles. The molecule has 18 heavy (non-hydrogen) atoms. The van der Waals surface area contributed by atoms with Crippen LogP contribution in [0.1, 0.15) is 11.1 Å². The highest BCUT2D eigenvalue weighted by Gasteiger charge is 2.02. The molecule has 2 rings (SSSR count). The van der Waals surface area contributed by atoms with Gasteiger partial charge in [0, 0.05) is 11.3 Å². The van der Waals surface area contributed by atoms with E-state index in [1.54, 1.807) is 6.07 Å². The summed E-state index contributed by atoms with van der Waals surface area (Å²) in [7, 11) is 0. The van der Waals surface area contributed by atoms with Crippen LogP contribution in [0.2, 0.25) is 0 Å². The van der Waals surface area contributed by atoms with Gasteiger partial charge in [-0.15, -0.1) is 0 Å². The number of hydrogen-bond acceptors (Lipinski definition) is 5. The largest absolute Gasteiger partial charge is 0.384 e. The van der Waals surface area contributed by atoms with Crippen molar-refractivity contribution < 1.29 is 9.50 Å². The molecule has 0 spiro atoms. The van der Waals surface area contributed by atoms with E-state index in [1.807, 2.05) is 0 Å². The molecule has 0 radical (unpaired) electrons. The maximum absolute atomic E-state index is 13.4. The van der Waals surface area contributed by atoms with Crippen molar-refractivity contribution in [3.8, 4) is 11.8 Å². The number of nitrogens with zero attached hydrogens (tertiary/aromatic N) is 2.